The molecule has 0 aromatic heterocycles. The summed E-state index contributed by atoms with van der Waals surface area (Å²) in [5, 5.41) is 11.0. The molecule has 1 aliphatic carbocycles. The van der Waals surface area contributed by atoms with E-state index in [1.54, 1.807) is 6.07 Å². The predicted octanol–water partition coefficient (Wildman–Crippen LogP) is 5.24. The highest BCUT2D eigenvalue weighted by atomic mass is 16.5. The summed E-state index contributed by atoms with van der Waals surface area (Å²) in [7, 11) is 0. The number of carbonyl (C=O) groups is 3. The van der Waals surface area contributed by atoms with E-state index in [-0.39, 0.29) is 13.0 Å². The fourth-order valence-electron chi connectivity index (χ4n) is 4.55. The van der Waals surface area contributed by atoms with Gasteiger partial charge in [-0.1, -0.05) is 65.5 Å². The van der Waals surface area contributed by atoms with Crippen molar-refractivity contribution < 1.29 is 24.2 Å². The van der Waals surface area contributed by atoms with Crippen molar-refractivity contribution in [1.29, 1.82) is 0 Å². The molecule has 0 fully saturated rings. The first-order valence-electron chi connectivity index (χ1n) is 12.0. The maximum absolute atomic E-state index is 13.8. The largest absolute Gasteiger partial charge is 0.464 e. The van der Waals surface area contributed by atoms with Crippen molar-refractivity contribution in [1.82, 2.24) is 0 Å². The molecular weight excluding hydrogens is 392 g/mol. The van der Waals surface area contributed by atoms with E-state index >= 15 is 0 Å². The van der Waals surface area contributed by atoms with E-state index in [9.17, 15) is 19.5 Å². The van der Waals surface area contributed by atoms with E-state index < -0.39 is 29.1 Å². The first kappa shape index (κ1) is 25.3. The fourth-order valence-corrected chi connectivity index (χ4v) is 4.55. The third-order valence-corrected chi connectivity index (χ3v) is 6.35. The second-order valence-corrected chi connectivity index (χ2v) is 8.64. The molecule has 0 radical (unpaired) electrons. The highest BCUT2D eigenvalue weighted by Gasteiger charge is 2.60. The van der Waals surface area contributed by atoms with Crippen LogP contribution in [0.5, 0.6) is 0 Å². The topological polar surface area (TPSA) is 80.7 Å². The molecule has 172 valence electrons. The normalized spacial score (nSPS) is 18.9. The summed E-state index contributed by atoms with van der Waals surface area (Å²) in [5.74, 6) is -1.72. The zero-order valence-corrected chi connectivity index (χ0v) is 19.6. The summed E-state index contributed by atoms with van der Waals surface area (Å²) in [6, 6.07) is 3.68. The average molecular weight is 431 g/mol. The number of fused-ring (bicyclic) bond motifs is 1. The maximum atomic E-state index is 13.8. The summed E-state index contributed by atoms with van der Waals surface area (Å²) in [4.78, 5) is 40.0. The lowest BCUT2D eigenvalue weighted by molar-refractivity contribution is -0.158. The van der Waals surface area contributed by atoms with Gasteiger partial charge in [0.05, 0.1) is 6.61 Å². The Bertz CT molecular complexity index is 797. The molecular formula is C26H38O5. The molecule has 2 rings (SSSR count). The van der Waals surface area contributed by atoms with Gasteiger partial charge in [-0.15, -0.1) is 0 Å². The van der Waals surface area contributed by atoms with Gasteiger partial charge in [-0.2, -0.15) is 0 Å². The summed E-state index contributed by atoms with van der Waals surface area (Å²) < 4.78 is 5.20. The van der Waals surface area contributed by atoms with E-state index in [0.717, 1.165) is 56.1 Å². The number of ether oxygens (including phenoxy) is 1. The summed E-state index contributed by atoms with van der Waals surface area (Å²) >= 11 is 0. The van der Waals surface area contributed by atoms with E-state index in [4.69, 9.17) is 4.74 Å². The van der Waals surface area contributed by atoms with Gasteiger partial charge in [0, 0.05) is 11.1 Å². The molecule has 5 heteroatoms. The standard InChI is InChI=1S/C26H38O5/c1-5-9-12-18-14-15-20-21(19(18)13-10-6-2)23(28)26(16-8-4,22(20)27)24(29)25(30)31-17-11-7-3/h14-15,24,29H,5-13,16-17H2,1-4H3. The van der Waals surface area contributed by atoms with Crippen molar-refractivity contribution >= 4 is 17.5 Å². The molecule has 1 aliphatic rings. The molecule has 0 aliphatic heterocycles. The monoisotopic (exact) mass is 430 g/mol. The van der Waals surface area contributed by atoms with Crippen LogP contribution >= 0.6 is 0 Å². The van der Waals surface area contributed by atoms with Crippen LogP contribution in [-0.2, 0) is 22.4 Å². The number of unbranched alkanes of at least 4 members (excludes halogenated alkanes) is 3. The lowest BCUT2D eigenvalue weighted by atomic mass is 9.73. The lowest BCUT2D eigenvalue weighted by Crippen LogP contribution is -2.49. The van der Waals surface area contributed by atoms with Crippen LogP contribution in [0.4, 0.5) is 0 Å². The van der Waals surface area contributed by atoms with Crippen molar-refractivity contribution in [2.75, 3.05) is 6.61 Å². The van der Waals surface area contributed by atoms with E-state index in [0.29, 0.717) is 24.0 Å². The number of esters is 1. The lowest BCUT2D eigenvalue weighted by Gasteiger charge is -2.29. The second kappa shape index (κ2) is 11.6. The minimum Gasteiger partial charge on any atom is -0.464 e. The zero-order valence-electron chi connectivity index (χ0n) is 19.6. The van der Waals surface area contributed by atoms with Crippen LogP contribution < -0.4 is 0 Å². The number of rotatable bonds is 13. The van der Waals surface area contributed by atoms with Gasteiger partial charge in [0.25, 0.3) is 0 Å². The van der Waals surface area contributed by atoms with Crippen molar-refractivity contribution in [3.8, 4) is 0 Å². The van der Waals surface area contributed by atoms with Crippen molar-refractivity contribution in [2.45, 2.75) is 98.0 Å². The Morgan fingerprint density at radius 3 is 2.19 bits per heavy atom. The SMILES string of the molecule is CCCCOC(=O)C(O)C1(CCC)C(=O)c2ccc(CCCC)c(CCCC)c2C1=O. The Morgan fingerprint density at radius 1 is 0.935 bits per heavy atom. The molecule has 5 nitrogen and oxygen atoms in total. The van der Waals surface area contributed by atoms with Gasteiger partial charge in [0.1, 0.15) is 5.41 Å². The van der Waals surface area contributed by atoms with Crippen LogP contribution in [0, 0.1) is 5.41 Å². The molecule has 2 atom stereocenters. The van der Waals surface area contributed by atoms with E-state index in [1.165, 1.54) is 0 Å². The summed E-state index contributed by atoms with van der Waals surface area (Å²) in [6.07, 6.45) is 5.87. The third kappa shape index (κ3) is 4.92. The van der Waals surface area contributed by atoms with Crippen molar-refractivity contribution in [3.05, 3.63) is 34.4 Å². The van der Waals surface area contributed by atoms with Gasteiger partial charge in [0.15, 0.2) is 17.7 Å². The van der Waals surface area contributed by atoms with Gasteiger partial charge in [-0.3, -0.25) is 9.59 Å². The molecule has 0 heterocycles. The van der Waals surface area contributed by atoms with Gasteiger partial charge in [-0.05, 0) is 49.7 Å². The quantitative estimate of drug-likeness (QED) is 0.263. The number of hydrogen-bond donors (Lipinski definition) is 1. The molecule has 0 bridgehead atoms. The number of benzene rings is 1. The number of Topliss-reactive ketones (excluding diaryl/α,β-unsaturated/α-hetero) is 2. The molecule has 0 saturated carbocycles. The van der Waals surface area contributed by atoms with Gasteiger partial charge >= 0.3 is 5.97 Å². The maximum Gasteiger partial charge on any atom is 0.336 e. The van der Waals surface area contributed by atoms with Crippen LogP contribution in [0.2, 0.25) is 0 Å². The van der Waals surface area contributed by atoms with Crippen LogP contribution in [0.25, 0.3) is 0 Å². The van der Waals surface area contributed by atoms with Crippen LogP contribution in [0.15, 0.2) is 12.1 Å². The predicted molar refractivity (Wildman–Crippen MR) is 122 cm³/mol. The first-order chi connectivity index (χ1) is 14.9. The Hall–Kier alpha value is -2.01. The van der Waals surface area contributed by atoms with Crippen LogP contribution in [-0.4, -0.2) is 35.4 Å². The molecule has 0 spiro atoms. The van der Waals surface area contributed by atoms with Gasteiger partial charge in [0.2, 0.25) is 0 Å². The fraction of sp³-hybridized carbons (Fsp3) is 0.654. The highest BCUT2D eigenvalue weighted by Crippen LogP contribution is 2.45. The second-order valence-electron chi connectivity index (χ2n) is 8.64. The third-order valence-electron chi connectivity index (χ3n) is 6.35. The molecule has 1 aromatic rings. The van der Waals surface area contributed by atoms with Gasteiger partial charge < -0.3 is 9.84 Å². The van der Waals surface area contributed by atoms with Crippen LogP contribution in [0.1, 0.15) is 111 Å². The number of aryl methyl sites for hydroxylation is 1. The Kier molecular flexibility index (Phi) is 9.42. The Morgan fingerprint density at radius 2 is 1.58 bits per heavy atom. The average Bonchev–Trinajstić information content (AvgIpc) is 2.98. The summed E-state index contributed by atoms with van der Waals surface area (Å²) in [5.41, 5.74) is 1.04. The number of aliphatic hydroxyl groups is 1. The molecule has 0 saturated heterocycles. The number of ketones is 2. The molecule has 31 heavy (non-hydrogen) atoms. The highest BCUT2D eigenvalue weighted by molar-refractivity contribution is 6.31. The van der Waals surface area contributed by atoms with Crippen LogP contribution in [0.3, 0.4) is 0 Å². The zero-order chi connectivity index (χ0) is 23.0. The van der Waals surface area contributed by atoms with E-state index in [2.05, 4.69) is 13.8 Å². The minimum atomic E-state index is -1.78. The number of hydrogen-bond acceptors (Lipinski definition) is 5. The molecule has 1 N–H and O–H groups in total. The summed E-state index contributed by atoms with van der Waals surface area (Å²) in [6.45, 7) is 8.22. The number of aliphatic hydroxyl groups excluding tert-OH is 1. The Labute approximate surface area is 186 Å². The molecule has 0 amide bonds. The van der Waals surface area contributed by atoms with Crippen molar-refractivity contribution in [3.63, 3.8) is 0 Å². The van der Waals surface area contributed by atoms with Crippen molar-refractivity contribution in [2.24, 2.45) is 5.41 Å². The molecule has 2 unspecified atom stereocenters. The molecule has 1 aromatic carbocycles. The number of carbonyl (C=O) groups excluding carboxylic acids is 3. The van der Waals surface area contributed by atoms with E-state index in [1.807, 2.05) is 19.9 Å². The van der Waals surface area contributed by atoms with Gasteiger partial charge in [-0.25, -0.2) is 4.79 Å². The minimum absolute atomic E-state index is 0.126. The smallest absolute Gasteiger partial charge is 0.336 e. The first-order valence-corrected chi connectivity index (χ1v) is 12.0. The Balaban J connectivity index is 2.53.